The molecule has 24 heavy (non-hydrogen) atoms. The fourth-order valence-corrected chi connectivity index (χ4v) is 3.42. The number of hydrogen-bond donors (Lipinski definition) is 1. The van der Waals surface area contributed by atoms with Crippen LogP contribution in [-0.4, -0.2) is 30.4 Å². The smallest absolute Gasteiger partial charge is 0.336 e. The Hall–Kier alpha value is -2.14. The third-order valence-electron chi connectivity index (χ3n) is 4.91. The summed E-state index contributed by atoms with van der Waals surface area (Å²) < 4.78 is 5.24. The van der Waals surface area contributed by atoms with Gasteiger partial charge in [-0.1, -0.05) is 6.42 Å². The lowest BCUT2D eigenvalue weighted by Gasteiger charge is -2.32. The summed E-state index contributed by atoms with van der Waals surface area (Å²) in [6.07, 6.45) is 3.99. The number of nitrogens with one attached hydrogen (secondary N) is 1. The van der Waals surface area contributed by atoms with Gasteiger partial charge in [0.25, 0.3) is 0 Å². The van der Waals surface area contributed by atoms with E-state index in [0.717, 1.165) is 35.2 Å². The molecule has 3 rings (SSSR count). The second kappa shape index (κ2) is 6.77. The molecule has 1 saturated heterocycles. The maximum absolute atomic E-state index is 12.4. The van der Waals surface area contributed by atoms with Gasteiger partial charge in [0.05, 0.1) is 0 Å². The highest BCUT2D eigenvalue weighted by atomic mass is 16.4. The number of amides is 1. The van der Waals surface area contributed by atoms with Gasteiger partial charge in [-0.3, -0.25) is 4.79 Å². The molecule has 0 spiro atoms. The van der Waals surface area contributed by atoms with E-state index >= 15 is 0 Å². The number of piperidine rings is 1. The molecule has 5 heteroatoms. The zero-order chi connectivity index (χ0) is 17.3. The summed E-state index contributed by atoms with van der Waals surface area (Å²) in [6, 6.07) is 5.50. The van der Waals surface area contributed by atoms with E-state index in [1.807, 2.05) is 26.0 Å². The Morgan fingerprint density at radius 3 is 2.79 bits per heavy atom. The first-order valence-corrected chi connectivity index (χ1v) is 8.49. The molecule has 1 aliphatic heterocycles. The van der Waals surface area contributed by atoms with E-state index in [-0.39, 0.29) is 11.5 Å². The highest BCUT2D eigenvalue weighted by Gasteiger charge is 2.22. The van der Waals surface area contributed by atoms with Crippen molar-refractivity contribution in [2.24, 2.45) is 0 Å². The molecule has 2 aromatic rings. The second-order valence-electron chi connectivity index (χ2n) is 6.79. The SMILES string of the molecule is Cc1cc2oc(=O)cc(C)c2cc1NC(=O)CC1CCCCN1C. The first kappa shape index (κ1) is 16.7. The molecule has 1 aliphatic rings. The minimum Gasteiger partial charge on any atom is -0.423 e. The predicted octanol–water partition coefficient (Wildman–Crippen LogP) is 3.22. The molecule has 1 aromatic carbocycles. The van der Waals surface area contributed by atoms with Crippen molar-refractivity contribution in [2.75, 3.05) is 18.9 Å². The van der Waals surface area contributed by atoms with E-state index in [1.165, 1.54) is 18.9 Å². The topological polar surface area (TPSA) is 62.6 Å². The van der Waals surface area contributed by atoms with Gasteiger partial charge in [0, 0.05) is 29.6 Å². The Morgan fingerprint density at radius 2 is 2.04 bits per heavy atom. The summed E-state index contributed by atoms with van der Waals surface area (Å²) >= 11 is 0. The van der Waals surface area contributed by atoms with Gasteiger partial charge in [0.1, 0.15) is 5.58 Å². The molecule has 1 N–H and O–H groups in total. The fourth-order valence-electron chi connectivity index (χ4n) is 3.42. The van der Waals surface area contributed by atoms with Gasteiger partial charge in [-0.25, -0.2) is 4.79 Å². The van der Waals surface area contributed by atoms with Crippen LogP contribution in [0.25, 0.3) is 11.0 Å². The number of benzene rings is 1. The standard InChI is InChI=1S/C19H24N2O3/c1-12-9-19(23)24-17-8-13(2)16(11-15(12)17)20-18(22)10-14-6-4-5-7-21(14)3/h8-9,11,14H,4-7,10H2,1-3H3,(H,20,22). The first-order chi connectivity index (χ1) is 11.4. The monoisotopic (exact) mass is 328 g/mol. The van der Waals surface area contributed by atoms with Gasteiger partial charge in [-0.15, -0.1) is 0 Å². The molecule has 1 amide bonds. The Kier molecular flexibility index (Phi) is 4.71. The molecular formula is C19H24N2O3. The molecule has 5 nitrogen and oxygen atoms in total. The van der Waals surface area contributed by atoms with Crippen LogP contribution in [0.3, 0.4) is 0 Å². The van der Waals surface area contributed by atoms with Gasteiger partial charge >= 0.3 is 5.63 Å². The molecule has 1 fully saturated rings. The van der Waals surface area contributed by atoms with Crippen molar-refractivity contribution in [3.05, 3.63) is 39.7 Å². The van der Waals surface area contributed by atoms with E-state index in [9.17, 15) is 9.59 Å². The van der Waals surface area contributed by atoms with Crippen LogP contribution in [0.1, 0.15) is 36.8 Å². The molecular weight excluding hydrogens is 304 g/mol. The Labute approximate surface area is 141 Å². The van der Waals surface area contributed by atoms with E-state index in [2.05, 4.69) is 17.3 Å². The number of hydrogen-bond acceptors (Lipinski definition) is 4. The number of anilines is 1. The maximum Gasteiger partial charge on any atom is 0.336 e. The molecule has 1 aromatic heterocycles. The van der Waals surface area contributed by atoms with Crippen LogP contribution in [0.4, 0.5) is 5.69 Å². The molecule has 0 radical (unpaired) electrons. The van der Waals surface area contributed by atoms with Crippen molar-refractivity contribution in [3.63, 3.8) is 0 Å². The highest BCUT2D eigenvalue weighted by Crippen LogP contribution is 2.26. The van der Waals surface area contributed by atoms with Crippen molar-refractivity contribution in [1.82, 2.24) is 4.90 Å². The van der Waals surface area contributed by atoms with Crippen LogP contribution in [0.15, 0.2) is 27.4 Å². The summed E-state index contributed by atoms with van der Waals surface area (Å²) in [5.41, 5.74) is 2.73. The molecule has 0 aliphatic carbocycles. The fraction of sp³-hybridized carbons (Fsp3) is 0.474. The number of rotatable bonds is 3. The first-order valence-electron chi connectivity index (χ1n) is 8.49. The van der Waals surface area contributed by atoms with Crippen molar-refractivity contribution < 1.29 is 9.21 Å². The number of nitrogens with zero attached hydrogens (tertiary/aromatic N) is 1. The van der Waals surface area contributed by atoms with Crippen LogP contribution < -0.4 is 10.9 Å². The average Bonchev–Trinajstić information content (AvgIpc) is 2.51. The summed E-state index contributed by atoms with van der Waals surface area (Å²) in [6.45, 7) is 4.84. The minimum atomic E-state index is -0.350. The van der Waals surface area contributed by atoms with Crippen molar-refractivity contribution in [3.8, 4) is 0 Å². The van der Waals surface area contributed by atoms with Crippen LogP contribution in [-0.2, 0) is 4.79 Å². The zero-order valence-corrected chi connectivity index (χ0v) is 14.5. The van der Waals surface area contributed by atoms with Gasteiger partial charge < -0.3 is 14.6 Å². The van der Waals surface area contributed by atoms with E-state index in [4.69, 9.17) is 4.42 Å². The largest absolute Gasteiger partial charge is 0.423 e. The van der Waals surface area contributed by atoms with Gasteiger partial charge in [-0.2, -0.15) is 0 Å². The molecule has 1 unspecified atom stereocenters. The van der Waals surface area contributed by atoms with Crippen LogP contribution in [0.2, 0.25) is 0 Å². The van der Waals surface area contributed by atoms with Crippen molar-refractivity contribution >= 4 is 22.6 Å². The van der Waals surface area contributed by atoms with E-state index < -0.39 is 0 Å². The lowest BCUT2D eigenvalue weighted by atomic mass is 9.99. The Bertz CT molecular complexity index is 825. The molecule has 0 saturated carbocycles. The van der Waals surface area contributed by atoms with Crippen LogP contribution in [0.5, 0.6) is 0 Å². The quantitative estimate of drug-likeness (QED) is 0.879. The third kappa shape index (κ3) is 3.51. The number of aryl methyl sites for hydroxylation is 2. The summed E-state index contributed by atoms with van der Waals surface area (Å²) in [7, 11) is 2.09. The minimum absolute atomic E-state index is 0.0336. The molecule has 128 valence electrons. The third-order valence-corrected chi connectivity index (χ3v) is 4.91. The Morgan fingerprint density at radius 1 is 1.25 bits per heavy atom. The summed E-state index contributed by atoms with van der Waals surface area (Å²) in [5, 5.41) is 3.88. The normalized spacial score (nSPS) is 18.7. The lowest BCUT2D eigenvalue weighted by Crippen LogP contribution is -2.38. The summed E-state index contributed by atoms with van der Waals surface area (Å²) in [4.78, 5) is 26.2. The average molecular weight is 328 g/mol. The summed E-state index contributed by atoms with van der Waals surface area (Å²) in [5.74, 6) is 0.0336. The molecule has 1 atom stereocenters. The van der Waals surface area contributed by atoms with Crippen LogP contribution in [0, 0.1) is 13.8 Å². The highest BCUT2D eigenvalue weighted by molar-refractivity contribution is 5.95. The van der Waals surface area contributed by atoms with Gasteiger partial charge in [0.15, 0.2) is 0 Å². The molecule has 2 heterocycles. The lowest BCUT2D eigenvalue weighted by molar-refractivity contribution is -0.117. The van der Waals surface area contributed by atoms with Gasteiger partial charge in [-0.05, 0) is 63.5 Å². The van der Waals surface area contributed by atoms with E-state index in [1.54, 1.807) is 0 Å². The number of likely N-dealkylation sites (tertiary alicyclic amines) is 1. The number of carbonyl (C=O) groups is 1. The molecule has 0 bridgehead atoms. The zero-order valence-electron chi connectivity index (χ0n) is 14.5. The second-order valence-corrected chi connectivity index (χ2v) is 6.79. The number of fused-ring (bicyclic) bond motifs is 1. The number of carbonyl (C=O) groups excluding carboxylic acids is 1. The van der Waals surface area contributed by atoms with Crippen molar-refractivity contribution in [2.45, 2.75) is 45.6 Å². The van der Waals surface area contributed by atoms with E-state index in [0.29, 0.717) is 18.0 Å². The van der Waals surface area contributed by atoms with Crippen molar-refractivity contribution in [1.29, 1.82) is 0 Å². The maximum atomic E-state index is 12.4. The Balaban J connectivity index is 1.80. The predicted molar refractivity (Wildman–Crippen MR) is 95.5 cm³/mol. The van der Waals surface area contributed by atoms with Gasteiger partial charge in [0.2, 0.25) is 5.91 Å². The van der Waals surface area contributed by atoms with Crippen LogP contribution >= 0.6 is 0 Å².